The van der Waals surface area contributed by atoms with E-state index < -0.39 is 33.8 Å². The number of primary amides is 1. The highest BCUT2D eigenvalue weighted by Crippen LogP contribution is 2.39. The second kappa shape index (κ2) is 10.00. The smallest absolute Gasteiger partial charge is 0.238 e. The Morgan fingerprint density at radius 3 is 2.31 bits per heavy atom. The van der Waals surface area contributed by atoms with Gasteiger partial charge in [0.1, 0.15) is 12.6 Å². The molecule has 3 N–H and O–H groups in total. The molecule has 1 saturated carbocycles. The fourth-order valence-corrected chi connectivity index (χ4v) is 7.26. The largest absolute Gasteiger partial charge is 0.384 e. The van der Waals surface area contributed by atoms with Gasteiger partial charge < -0.3 is 10.8 Å². The van der Waals surface area contributed by atoms with Gasteiger partial charge in [0.2, 0.25) is 15.9 Å². The zero-order valence-electron chi connectivity index (χ0n) is 18.0. The van der Waals surface area contributed by atoms with E-state index in [1.165, 1.54) is 18.2 Å². The van der Waals surface area contributed by atoms with E-state index in [9.17, 15) is 18.3 Å². The van der Waals surface area contributed by atoms with Gasteiger partial charge in [0.15, 0.2) is 0 Å². The Bertz CT molecular complexity index is 1080. The van der Waals surface area contributed by atoms with Crippen LogP contribution in [0.5, 0.6) is 0 Å². The summed E-state index contributed by atoms with van der Waals surface area (Å²) in [6.45, 7) is 3.53. The molecular formula is C23H28Cl2N2O4S. The van der Waals surface area contributed by atoms with Crippen molar-refractivity contribution in [1.29, 1.82) is 0 Å². The van der Waals surface area contributed by atoms with Gasteiger partial charge in [-0.2, -0.15) is 0 Å². The predicted molar refractivity (Wildman–Crippen MR) is 128 cm³/mol. The second-order valence-corrected chi connectivity index (χ2v) is 11.7. The highest BCUT2D eigenvalue weighted by atomic mass is 35.5. The Morgan fingerprint density at radius 2 is 1.72 bits per heavy atom. The molecule has 9 heteroatoms. The number of benzene rings is 2. The molecule has 3 rings (SSSR count). The van der Waals surface area contributed by atoms with Crippen molar-refractivity contribution in [3.8, 4) is 0 Å². The van der Waals surface area contributed by atoms with E-state index in [1.54, 1.807) is 24.3 Å². The lowest BCUT2D eigenvalue weighted by atomic mass is 9.83. The van der Waals surface area contributed by atoms with Gasteiger partial charge in [0.05, 0.1) is 10.9 Å². The molecule has 0 saturated heterocycles. The van der Waals surface area contributed by atoms with Crippen molar-refractivity contribution in [2.45, 2.75) is 44.5 Å². The van der Waals surface area contributed by atoms with Gasteiger partial charge in [-0.25, -0.2) is 8.42 Å². The van der Waals surface area contributed by atoms with E-state index in [1.807, 2.05) is 13.8 Å². The number of aliphatic hydroxyl groups is 1. The fraction of sp³-hybridized carbons (Fsp3) is 0.435. The topological polar surface area (TPSA) is 101 Å². The summed E-state index contributed by atoms with van der Waals surface area (Å²) in [5.41, 5.74) is 6.23. The standard InChI is InChI=1S/C23H28Cl2N2O4S/c1-14-9-15(2)11-17(10-14)32(30,31)27(13-22(26)28)21-8-7-16(24)12-19(21)23(29)18-5-3-4-6-20(18)25/h3-8,12,14-15,17,23,29H,9-11,13H2,1-2H3,(H2,26,28)/t14-,15?,17?,23?/m1/s1. The van der Waals surface area contributed by atoms with Crippen LogP contribution < -0.4 is 10.0 Å². The van der Waals surface area contributed by atoms with Gasteiger partial charge in [0.25, 0.3) is 0 Å². The molecule has 0 radical (unpaired) electrons. The molecule has 0 spiro atoms. The van der Waals surface area contributed by atoms with Gasteiger partial charge >= 0.3 is 0 Å². The summed E-state index contributed by atoms with van der Waals surface area (Å²) in [6, 6.07) is 11.2. The van der Waals surface area contributed by atoms with Crippen molar-refractivity contribution in [1.82, 2.24) is 0 Å². The van der Waals surface area contributed by atoms with Crippen LogP contribution in [0.15, 0.2) is 42.5 Å². The minimum absolute atomic E-state index is 0.159. The molecule has 1 amide bonds. The zero-order chi connectivity index (χ0) is 23.6. The Hall–Kier alpha value is -1.80. The average Bonchev–Trinajstić information content (AvgIpc) is 2.71. The molecule has 6 nitrogen and oxygen atoms in total. The van der Waals surface area contributed by atoms with Gasteiger partial charge in [-0.05, 0) is 55.4 Å². The first-order valence-corrected chi connectivity index (χ1v) is 12.8. The number of carbonyl (C=O) groups is 1. The second-order valence-electron chi connectivity index (χ2n) is 8.68. The summed E-state index contributed by atoms with van der Waals surface area (Å²) in [5, 5.41) is 11.1. The third-order valence-electron chi connectivity index (χ3n) is 5.92. The first kappa shape index (κ1) is 24.8. The minimum Gasteiger partial charge on any atom is -0.384 e. The summed E-state index contributed by atoms with van der Waals surface area (Å²) in [7, 11) is -3.95. The van der Waals surface area contributed by atoms with Crippen LogP contribution in [0.25, 0.3) is 0 Å². The summed E-state index contributed by atoms with van der Waals surface area (Å²) in [5.74, 6) is -0.307. The highest BCUT2D eigenvalue weighted by molar-refractivity contribution is 7.93. The molecule has 174 valence electrons. The number of nitrogens with zero attached hydrogens (tertiary/aromatic N) is 1. The van der Waals surface area contributed by atoms with Crippen LogP contribution in [0.3, 0.4) is 0 Å². The number of halogens is 2. The molecule has 0 aliphatic heterocycles. The van der Waals surface area contributed by atoms with Crippen LogP contribution in [-0.4, -0.2) is 31.2 Å². The van der Waals surface area contributed by atoms with E-state index in [2.05, 4.69) is 0 Å². The number of rotatable bonds is 7. The lowest BCUT2D eigenvalue weighted by Crippen LogP contribution is -2.46. The average molecular weight is 499 g/mol. The van der Waals surface area contributed by atoms with Crippen molar-refractivity contribution in [3.05, 3.63) is 63.6 Å². The van der Waals surface area contributed by atoms with Crippen LogP contribution in [-0.2, 0) is 14.8 Å². The van der Waals surface area contributed by atoms with E-state index in [0.29, 0.717) is 28.5 Å². The number of hydrogen-bond donors (Lipinski definition) is 2. The summed E-state index contributed by atoms with van der Waals surface area (Å²) < 4.78 is 28.5. The molecular weight excluding hydrogens is 471 g/mol. The quantitative estimate of drug-likeness (QED) is 0.585. The Balaban J connectivity index is 2.13. The fourth-order valence-electron chi connectivity index (χ4n) is 4.59. The molecule has 2 aromatic rings. The number of anilines is 1. The lowest BCUT2D eigenvalue weighted by Gasteiger charge is -2.36. The molecule has 4 atom stereocenters. The van der Waals surface area contributed by atoms with Crippen LogP contribution >= 0.6 is 23.2 Å². The van der Waals surface area contributed by atoms with Crippen LogP contribution in [0.2, 0.25) is 10.0 Å². The number of sulfonamides is 1. The van der Waals surface area contributed by atoms with Crippen molar-refractivity contribution < 1.29 is 18.3 Å². The number of aliphatic hydroxyl groups excluding tert-OH is 1. The SMILES string of the molecule is CC1CC(S(=O)(=O)N(CC(N)=O)c2ccc(Cl)cc2C(O)c2ccccc2Cl)C[C@H](C)C1. The monoisotopic (exact) mass is 498 g/mol. The molecule has 1 fully saturated rings. The summed E-state index contributed by atoms with van der Waals surface area (Å²) >= 11 is 12.5. The van der Waals surface area contributed by atoms with Crippen molar-refractivity contribution in [2.24, 2.45) is 17.6 Å². The number of nitrogens with two attached hydrogens (primary N) is 1. The first-order valence-electron chi connectivity index (χ1n) is 10.5. The van der Waals surface area contributed by atoms with Crippen molar-refractivity contribution in [3.63, 3.8) is 0 Å². The Kier molecular flexibility index (Phi) is 7.76. The van der Waals surface area contributed by atoms with Crippen molar-refractivity contribution >= 4 is 44.8 Å². The zero-order valence-corrected chi connectivity index (χ0v) is 20.4. The maximum absolute atomic E-state index is 13.8. The van der Waals surface area contributed by atoms with Gasteiger partial charge in [-0.15, -0.1) is 0 Å². The van der Waals surface area contributed by atoms with E-state index >= 15 is 0 Å². The maximum atomic E-state index is 13.8. The minimum atomic E-state index is -3.95. The van der Waals surface area contributed by atoms with Gasteiger partial charge in [-0.1, -0.05) is 55.2 Å². The molecule has 2 aromatic carbocycles. The predicted octanol–water partition coefficient (Wildman–Crippen LogP) is 4.52. The first-order chi connectivity index (χ1) is 15.0. The normalized spacial score (nSPS) is 22.3. The molecule has 0 aromatic heterocycles. The molecule has 32 heavy (non-hydrogen) atoms. The summed E-state index contributed by atoms with van der Waals surface area (Å²) in [4.78, 5) is 11.9. The van der Waals surface area contributed by atoms with Gasteiger partial charge in [-0.3, -0.25) is 9.10 Å². The third-order valence-corrected chi connectivity index (χ3v) is 8.66. The van der Waals surface area contributed by atoms with Crippen LogP contribution in [0.4, 0.5) is 5.69 Å². The molecule has 1 aliphatic rings. The maximum Gasteiger partial charge on any atom is 0.238 e. The number of hydrogen-bond acceptors (Lipinski definition) is 4. The molecule has 0 bridgehead atoms. The lowest BCUT2D eigenvalue weighted by molar-refractivity contribution is -0.116. The van der Waals surface area contributed by atoms with E-state index in [4.69, 9.17) is 28.9 Å². The van der Waals surface area contributed by atoms with Crippen LogP contribution in [0.1, 0.15) is 50.3 Å². The Morgan fingerprint density at radius 1 is 1.09 bits per heavy atom. The van der Waals surface area contributed by atoms with Crippen LogP contribution in [0, 0.1) is 11.8 Å². The molecule has 3 unspecified atom stereocenters. The number of carbonyl (C=O) groups excluding carboxylic acids is 1. The third kappa shape index (κ3) is 5.39. The highest BCUT2D eigenvalue weighted by Gasteiger charge is 2.39. The van der Waals surface area contributed by atoms with E-state index in [-0.39, 0.29) is 23.1 Å². The summed E-state index contributed by atoms with van der Waals surface area (Å²) in [6.07, 6.45) is 0.696. The van der Waals surface area contributed by atoms with Crippen molar-refractivity contribution in [2.75, 3.05) is 10.8 Å². The van der Waals surface area contributed by atoms with Gasteiger partial charge in [0, 0.05) is 21.2 Å². The van der Waals surface area contributed by atoms with E-state index in [0.717, 1.165) is 10.7 Å². The molecule has 0 heterocycles. The molecule has 1 aliphatic carbocycles. The number of amides is 1. The Labute approximate surface area is 199 Å².